The maximum absolute atomic E-state index is 14.7. The lowest BCUT2D eigenvalue weighted by atomic mass is 10.2. The van der Waals surface area contributed by atoms with Crippen molar-refractivity contribution in [2.45, 2.75) is 50.1 Å². The molecule has 1 aliphatic carbocycles. The molecule has 1 aromatic carbocycles. The lowest BCUT2D eigenvalue weighted by Crippen LogP contribution is -2.44. The van der Waals surface area contributed by atoms with Crippen LogP contribution in [0.5, 0.6) is 5.75 Å². The summed E-state index contributed by atoms with van der Waals surface area (Å²) in [4.78, 5) is 6.44. The van der Waals surface area contributed by atoms with E-state index >= 15 is 0 Å². The fourth-order valence-corrected chi connectivity index (χ4v) is 9.07. The van der Waals surface area contributed by atoms with E-state index in [9.17, 15) is 22.5 Å². The summed E-state index contributed by atoms with van der Waals surface area (Å²) in [6, 6.07) is 12.3. The monoisotopic (exact) mass is 722 g/mol. The molecule has 0 radical (unpaired) electrons. The van der Waals surface area contributed by atoms with Gasteiger partial charge < -0.3 is 9.64 Å². The highest BCUT2D eigenvalue weighted by Gasteiger charge is 2.54. The first-order valence-corrected chi connectivity index (χ1v) is 18.6. The van der Waals surface area contributed by atoms with E-state index in [4.69, 9.17) is 16.3 Å². The molecule has 47 heavy (non-hydrogen) atoms. The van der Waals surface area contributed by atoms with Crippen LogP contribution in [0.25, 0.3) is 16.2 Å². The molecule has 4 aromatic rings. The first kappa shape index (κ1) is 33.8. The number of ether oxygens (including phenoxy) is 1. The van der Waals surface area contributed by atoms with Gasteiger partial charge in [-0.3, -0.25) is 4.40 Å². The Kier molecular flexibility index (Phi) is 9.67. The molecule has 2 aliphatic rings. The number of imidazole rings is 1. The standard InChI is InChI=1S/C30H33ClF2N8O3S3/c1-19(2)17-45-39-12-10-38(11-13-39)24-15-22(14-23-25(35-29(31)41(23)24)27-36-37-28(46-27)26(32)33)47(42,43)40(30(18-34)8-9-30)16-20-4-6-21(44-3)7-5-20/h4-7,14-15,19,26H,8-13,16-17H2,1-3H3. The van der Waals surface area contributed by atoms with Crippen LogP contribution in [0.1, 0.15) is 43.7 Å². The van der Waals surface area contributed by atoms with Crippen molar-refractivity contribution in [2.75, 3.05) is 43.9 Å². The maximum Gasteiger partial charge on any atom is 0.291 e. The Balaban J connectivity index is 1.46. The molecule has 11 nitrogen and oxygen atoms in total. The second-order valence-corrected chi connectivity index (χ2v) is 16.2. The number of rotatable bonds is 12. The molecule has 0 atom stereocenters. The number of alkyl halides is 2. The van der Waals surface area contributed by atoms with Crippen molar-refractivity contribution in [1.29, 1.82) is 5.26 Å². The Morgan fingerprint density at radius 2 is 1.85 bits per heavy atom. The smallest absolute Gasteiger partial charge is 0.291 e. The third kappa shape index (κ3) is 6.79. The number of piperazine rings is 1. The molecule has 0 spiro atoms. The molecule has 2 fully saturated rings. The number of anilines is 1. The van der Waals surface area contributed by atoms with Gasteiger partial charge in [-0.25, -0.2) is 26.5 Å². The van der Waals surface area contributed by atoms with Crippen LogP contribution < -0.4 is 9.64 Å². The van der Waals surface area contributed by atoms with E-state index in [0.717, 1.165) is 18.8 Å². The summed E-state index contributed by atoms with van der Waals surface area (Å²) in [6.07, 6.45) is -2.03. The summed E-state index contributed by atoms with van der Waals surface area (Å²) in [6.45, 7) is 6.92. The van der Waals surface area contributed by atoms with E-state index in [2.05, 4.69) is 39.4 Å². The zero-order valence-electron chi connectivity index (χ0n) is 25.9. The van der Waals surface area contributed by atoms with Crippen LogP contribution in [0.4, 0.5) is 14.6 Å². The van der Waals surface area contributed by atoms with Crippen molar-refractivity contribution in [2.24, 2.45) is 5.92 Å². The molecule has 0 N–H and O–H groups in total. The van der Waals surface area contributed by atoms with Crippen LogP contribution in [0, 0.1) is 17.2 Å². The molecular weight excluding hydrogens is 690 g/mol. The normalized spacial score (nSPS) is 16.8. The van der Waals surface area contributed by atoms with E-state index in [0.29, 0.717) is 60.3 Å². The summed E-state index contributed by atoms with van der Waals surface area (Å²) in [7, 11) is -2.75. The maximum atomic E-state index is 14.7. The minimum absolute atomic E-state index is 0.0325. The summed E-state index contributed by atoms with van der Waals surface area (Å²) < 4.78 is 66.7. The Morgan fingerprint density at radius 3 is 2.43 bits per heavy atom. The Labute approximate surface area is 285 Å². The topological polar surface area (TPSA) is 120 Å². The van der Waals surface area contributed by atoms with Crippen LogP contribution in [0.2, 0.25) is 5.28 Å². The Morgan fingerprint density at radius 1 is 1.15 bits per heavy atom. The molecule has 1 saturated carbocycles. The lowest BCUT2D eigenvalue weighted by Gasteiger charge is -2.36. The van der Waals surface area contributed by atoms with E-state index in [1.807, 2.05) is 4.90 Å². The summed E-state index contributed by atoms with van der Waals surface area (Å²) in [5.41, 5.74) is -0.0809. The molecule has 6 rings (SSSR count). The van der Waals surface area contributed by atoms with Gasteiger partial charge in [0.15, 0.2) is 10.0 Å². The molecule has 1 saturated heterocycles. The number of pyridine rings is 1. The lowest BCUT2D eigenvalue weighted by molar-refractivity contribution is 0.150. The summed E-state index contributed by atoms with van der Waals surface area (Å²) in [5.74, 6) is 2.64. The van der Waals surface area contributed by atoms with Crippen molar-refractivity contribution < 1.29 is 21.9 Å². The van der Waals surface area contributed by atoms with Gasteiger partial charge in [0.25, 0.3) is 6.43 Å². The number of hydrogen-bond donors (Lipinski definition) is 0. The van der Waals surface area contributed by atoms with Gasteiger partial charge in [0.1, 0.15) is 22.8 Å². The minimum Gasteiger partial charge on any atom is -0.497 e. The molecule has 1 aliphatic heterocycles. The molecule has 250 valence electrons. The molecular formula is C30H33ClF2N8O3S3. The summed E-state index contributed by atoms with van der Waals surface area (Å²) in [5, 5.41) is 17.4. The van der Waals surface area contributed by atoms with Gasteiger partial charge in [0, 0.05) is 38.5 Å². The zero-order chi connectivity index (χ0) is 33.5. The van der Waals surface area contributed by atoms with Gasteiger partial charge in [-0.1, -0.05) is 49.3 Å². The van der Waals surface area contributed by atoms with E-state index in [-0.39, 0.29) is 32.9 Å². The molecule has 3 aromatic heterocycles. The van der Waals surface area contributed by atoms with Crippen molar-refractivity contribution in [3.05, 3.63) is 52.3 Å². The van der Waals surface area contributed by atoms with E-state index in [1.165, 1.54) is 10.4 Å². The number of sulfonamides is 1. The van der Waals surface area contributed by atoms with Gasteiger partial charge in [-0.15, -0.1) is 10.2 Å². The average molecular weight is 723 g/mol. The van der Waals surface area contributed by atoms with Crippen LogP contribution >= 0.6 is 34.9 Å². The molecule has 0 unspecified atom stereocenters. The number of aromatic nitrogens is 4. The number of hydrogen-bond acceptors (Lipinski definition) is 11. The third-order valence-corrected chi connectivity index (χ3v) is 12.7. The molecule has 17 heteroatoms. The van der Waals surface area contributed by atoms with Gasteiger partial charge >= 0.3 is 0 Å². The molecule has 4 heterocycles. The van der Waals surface area contributed by atoms with Gasteiger partial charge in [-0.2, -0.15) is 9.57 Å². The highest BCUT2D eigenvalue weighted by molar-refractivity contribution is 7.97. The predicted octanol–water partition coefficient (Wildman–Crippen LogP) is 6.13. The SMILES string of the molecule is COc1ccc(CN(C2(C#N)CC2)S(=O)(=O)c2cc(N3CCN(SCC(C)C)CC3)n3c(Cl)nc(-c4nnc(C(F)F)s4)c3c2)cc1. The Bertz CT molecular complexity index is 1900. The van der Waals surface area contributed by atoms with Crippen LogP contribution in [0.3, 0.4) is 0 Å². The van der Waals surface area contributed by atoms with E-state index < -0.39 is 27.0 Å². The van der Waals surface area contributed by atoms with Gasteiger partial charge in [-0.05, 0) is 60.2 Å². The predicted molar refractivity (Wildman–Crippen MR) is 178 cm³/mol. The highest BCUT2D eigenvalue weighted by atomic mass is 35.5. The fraction of sp³-hybridized carbons (Fsp3) is 0.467. The Hall–Kier alpha value is -3.07. The third-order valence-electron chi connectivity index (χ3n) is 8.12. The largest absolute Gasteiger partial charge is 0.497 e. The van der Waals surface area contributed by atoms with Crippen molar-refractivity contribution in [3.63, 3.8) is 0 Å². The quantitative estimate of drug-likeness (QED) is 0.158. The van der Waals surface area contributed by atoms with Gasteiger partial charge in [0.2, 0.25) is 15.3 Å². The van der Waals surface area contributed by atoms with Crippen LogP contribution in [0.15, 0.2) is 41.3 Å². The average Bonchev–Trinajstić information content (AvgIpc) is 3.55. The number of nitriles is 1. The number of methoxy groups -OCH3 is 1. The minimum atomic E-state index is -4.30. The highest BCUT2D eigenvalue weighted by Crippen LogP contribution is 2.46. The fourth-order valence-electron chi connectivity index (χ4n) is 5.41. The zero-order valence-corrected chi connectivity index (χ0v) is 29.1. The second-order valence-electron chi connectivity index (χ2n) is 11.9. The number of fused-ring (bicyclic) bond motifs is 1. The van der Waals surface area contributed by atoms with E-state index in [1.54, 1.807) is 53.8 Å². The molecule has 0 amide bonds. The summed E-state index contributed by atoms with van der Waals surface area (Å²) >= 11 is 9.17. The first-order chi connectivity index (χ1) is 22.5. The molecule has 0 bridgehead atoms. The van der Waals surface area contributed by atoms with Crippen LogP contribution in [-0.4, -0.2) is 81.2 Å². The van der Waals surface area contributed by atoms with Crippen molar-refractivity contribution in [1.82, 2.24) is 28.2 Å². The van der Waals surface area contributed by atoms with Crippen LogP contribution in [-0.2, 0) is 16.6 Å². The number of nitrogens with zero attached hydrogens (tertiary/aromatic N) is 8. The van der Waals surface area contributed by atoms with Gasteiger partial charge in [0.05, 0.1) is 23.6 Å². The second kappa shape index (κ2) is 13.4. The van der Waals surface area contributed by atoms with Crippen molar-refractivity contribution >= 4 is 56.2 Å². The van der Waals surface area contributed by atoms with Crippen molar-refractivity contribution in [3.8, 4) is 22.5 Å². The first-order valence-electron chi connectivity index (χ1n) is 15.0. The number of halogens is 3. The number of benzene rings is 1.